The lowest BCUT2D eigenvalue weighted by Crippen LogP contribution is -2.15. The highest BCUT2D eigenvalue weighted by Gasteiger charge is 2.30. The lowest BCUT2D eigenvalue weighted by molar-refractivity contribution is 0.102. The first-order valence-electron chi connectivity index (χ1n) is 14.2. The first kappa shape index (κ1) is 25.9. The molecule has 1 amide bonds. The van der Waals surface area contributed by atoms with E-state index in [9.17, 15) is 14.4 Å². The van der Waals surface area contributed by atoms with Crippen LogP contribution in [-0.4, -0.2) is 31.2 Å². The van der Waals surface area contributed by atoms with E-state index in [2.05, 4.69) is 20.0 Å². The highest BCUT2D eigenvalue weighted by atomic mass is 32.1. The molecular formula is C35H19N5O3S2. The summed E-state index contributed by atoms with van der Waals surface area (Å²) in [5.74, 6) is 0.591. The van der Waals surface area contributed by atoms with Gasteiger partial charge < -0.3 is 10.6 Å². The molecule has 0 radical (unpaired) electrons. The average Bonchev–Trinajstić information content (AvgIpc) is 3.72. The Labute approximate surface area is 263 Å². The molecule has 3 heterocycles. The molecule has 10 heteroatoms. The molecule has 8 nitrogen and oxygen atoms in total. The van der Waals surface area contributed by atoms with Crippen LogP contribution >= 0.6 is 23.1 Å². The van der Waals surface area contributed by atoms with Crippen LogP contribution in [0.5, 0.6) is 0 Å². The van der Waals surface area contributed by atoms with Crippen molar-refractivity contribution in [3.8, 4) is 22.5 Å². The van der Waals surface area contributed by atoms with Crippen LogP contribution in [0.2, 0.25) is 0 Å². The maximum Gasteiger partial charge on any atom is 0.258 e. The van der Waals surface area contributed by atoms with Gasteiger partial charge >= 0.3 is 0 Å². The quantitative estimate of drug-likeness (QED) is 0.204. The van der Waals surface area contributed by atoms with Crippen LogP contribution in [0.25, 0.3) is 42.7 Å². The minimum absolute atomic E-state index is 0.0166. The lowest BCUT2D eigenvalue weighted by Gasteiger charge is -2.16. The van der Waals surface area contributed by atoms with E-state index in [1.54, 1.807) is 18.2 Å². The standard InChI is InChI=1S/C35H19N5O3S2/c41-31-20-8-3-1-6-18(20)29-27-22(31)13-12-17(33(27)44-39-29)16-36-25-10-5-11-26(37-25)38-35(43)24-15-14-23-28-30(40-45-34(24)28)19-7-2-4-9-21(19)32(23)42/h1-15H,16H2,(H2,36,37,38,43). The first-order chi connectivity index (χ1) is 22.1. The second-order valence-corrected chi connectivity index (χ2v) is 12.4. The highest BCUT2D eigenvalue weighted by molar-refractivity contribution is 7.14. The molecule has 0 fully saturated rings. The third-order valence-electron chi connectivity index (χ3n) is 8.37. The van der Waals surface area contributed by atoms with E-state index in [1.807, 2.05) is 72.8 Å². The number of hydrogen-bond donors (Lipinski definition) is 2. The summed E-state index contributed by atoms with van der Waals surface area (Å²) in [4.78, 5) is 44.5. The molecule has 214 valence electrons. The number of nitrogens with one attached hydrogen (secondary N) is 2. The summed E-state index contributed by atoms with van der Waals surface area (Å²) < 4.78 is 11.0. The number of carbonyl (C=O) groups is 3. The zero-order chi connectivity index (χ0) is 30.2. The zero-order valence-corrected chi connectivity index (χ0v) is 24.9. The predicted octanol–water partition coefficient (Wildman–Crippen LogP) is 7.59. The molecule has 0 atom stereocenters. The Morgan fingerprint density at radius 2 is 1.18 bits per heavy atom. The van der Waals surface area contributed by atoms with Crippen molar-refractivity contribution in [2.45, 2.75) is 6.54 Å². The van der Waals surface area contributed by atoms with Gasteiger partial charge in [-0.3, -0.25) is 14.4 Å². The minimum Gasteiger partial charge on any atom is -0.366 e. The van der Waals surface area contributed by atoms with Gasteiger partial charge in [-0.25, -0.2) is 4.98 Å². The molecule has 0 saturated carbocycles. The first-order valence-corrected chi connectivity index (χ1v) is 15.8. The van der Waals surface area contributed by atoms with E-state index in [-0.39, 0.29) is 17.5 Å². The zero-order valence-electron chi connectivity index (χ0n) is 23.3. The van der Waals surface area contributed by atoms with E-state index < -0.39 is 0 Å². The molecule has 0 spiro atoms. The van der Waals surface area contributed by atoms with Gasteiger partial charge in [0.1, 0.15) is 11.6 Å². The summed E-state index contributed by atoms with van der Waals surface area (Å²) in [6.45, 7) is 0.458. The summed E-state index contributed by atoms with van der Waals surface area (Å²) in [6.07, 6.45) is 0. The molecule has 2 aliphatic rings. The van der Waals surface area contributed by atoms with Crippen LogP contribution < -0.4 is 10.6 Å². The van der Waals surface area contributed by atoms with Crippen LogP contribution in [0.3, 0.4) is 0 Å². The van der Waals surface area contributed by atoms with E-state index in [4.69, 9.17) is 4.37 Å². The van der Waals surface area contributed by atoms with Crippen LogP contribution in [0.15, 0.2) is 91.0 Å². The molecule has 0 aliphatic heterocycles. The lowest BCUT2D eigenvalue weighted by atomic mass is 9.87. The second kappa shape index (κ2) is 9.71. The fourth-order valence-electron chi connectivity index (χ4n) is 6.25. The molecule has 45 heavy (non-hydrogen) atoms. The molecule has 2 aliphatic carbocycles. The maximum absolute atomic E-state index is 13.5. The number of hydrogen-bond acceptors (Lipinski definition) is 9. The normalized spacial score (nSPS) is 12.7. The maximum atomic E-state index is 13.5. The molecule has 4 aromatic carbocycles. The van der Waals surface area contributed by atoms with Crippen LogP contribution in [0.4, 0.5) is 11.6 Å². The van der Waals surface area contributed by atoms with E-state index >= 15 is 0 Å². The Morgan fingerprint density at radius 1 is 0.600 bits per heavy atom. The topological polar surface area (TPSA) is 114 Å². The molecule has 7 aromatic rings. The number of pyridine rings is 1. The van der Waals surface area contributed by atoms with Crippen molar-refractivity contribution in [1.29, 1.82) is 0 Å². The fourth-order valence-corrected chi connectivity index (χ4v) is 8.11. The summed E-state index contributed by atoms with van der Waals surface area (Å²) in [5.41, 5.74) is 7.21. The number of ketones is 2. The largest absolute Gasteiger partial charge is 0.366 e. The SMILES string of the molecule is O=C(Nc1cccc(NCc2ccc3c4c(nsc24)-c2ccccc2C3=O)n1)c1ccc2c3c(nsc13)-c1ccccc1C2=O. The number of benzene rings is 4. The van der Waals surface area contributed by atoms with Gasteiger partial charge in [0.2, 0.25) is 0 Å². The Kier molecular flexibility index (Phi) is 5.59. The molecule has 0 bridgehead atoms. The van der Waals surface area contributed by atoms with E-state index in [1.165, 1.54) is 23.1 Å². The van der Waals surface area contributed by atoms with Crippen molar-refractivity contribution in [2.24, 2.45) is 0 Å². The van der Waals surface area contributed by atoms with Crippen molar-refractivity contribution in [3.05, 3.63) is 124 Å². The molecule has 3 aromatic heterocycles. The summed E-state index contributed by atoms with van der Waals surface area (Å²) in [6, 6.07) is 27.6. The Balaban J connectivity index is 0.978. The number of fused-ring (bicyclic) bond motifs is 4. The van der Waals surface area contributed by atoms with Gasteiger partial charge in [-0.2, -0.15) is 8.75 Å². The predicted molar refractivity (Wildman–Crippen MR) is 176 cm³/mol. The van der Waals surface area contributed by atoms with Gasteiger partial charge in [-0.05, 0) is 59.0 Å². The fraction of sp³-hybridized carbons (Fsp3) is 0.0286. The second-order valence-electron chi connectivity index (χ2n) is 10.9. The average molecular weight is 622 g/mol. The third-order valence-corrected chi connectivity index (χ3v) is 10.2. The monoisotopic (exact) mass is 621 g/mol. The van der Waals surface area contributed by atoms with Crippen molar-refractivity contribution in [1.82, 2.24) is 13.7 Å². The van der Waals surface area contributed by atoms with Crippen molar-refractivity contribution < 1.29 is 14.4 Å². The molecule has 9 rings (SSSR count). The number of carbonyl (C=O) groups excluding carboxylic acids is 3. The highest BCUT2D eigenvalue weighted by Crippen LogP contribution is 2.43. The summed E-state index contributed by atoms with van der Waals surface area (Å²) in [5, 5.41) is 7.88. The van der Waals surface area contributed by atoms with Crippen molar-refractivity contribution >= 4 is 72.3 Å². The van der Waals surface area contributed by atoms with Crippen molar-refractivity contribution in [3.63, 3.8) is 0 Å². The summed E-state index contributed by atoms with van der Waals surface area (Å²) in [7, 11) is 0. The number of nitrogens with zero attached hydrogens (tertiary/aromatic N) is 3. The van der Waals surface area contributed by atoms with E-state index in [0.29, 0.717) is 56.1 Å². The van der Waals surface area contributed by atoms with Crippen LogP contribution in [-0.2, 0) is 6.54 Å². The Morgan fingerprint density at radius 3 is 1.87 bits per heavy atom. The number of anilines is 2. The van der Waals surface area contributed by atoms with Gasteiger partial charge in [0.05, 0.1) is 26.4 Å². The minimum atomic E-state index is -0.332. The smallest absolute Gasteiger partial charge is 0.258 e. The van der Waals surface area contributed by atoms with Crippen LogP contribution in [0, 0.1) is 0 Å². The van der Waals surface area contributed by atoms with Gasteiger partial charge in [0.25, 0.3) is 5.91 Å². The number of amides is 1. The van der Waals surface area contributed by atoms with Gasteiger partial charge in [-0.15, -0.1) is 0 Å². The van der Waals surface area contributed by atoms with Gasteiger partial charge in [0.15, 0.2) is 11.6 Å². The van der Waals surface area contributed by atoms with Gasteiger partial charge in [-0.1, -0.05) is 60.7 Å². The van der Waals surface area contributed by atoms with Gasteiger partial charge in [0, 0.05) is 50.7 Å². The molecule has 0 saturated heterocycles. The molecular weight excluding hydrogens is 603 g/mol. The van der Waals surface area contributed by atoms with Crippen molar-refractivity contribution in [2.75, 3.05) is 10.6 Å². The third kappa shape index (κ3) is 3.83. The van der Waals surface area contributed by atoms with E-state index in [0.717, 1.165) is 38.2 Å². The Bertz CT molecular complexity index is 2440. The van der Waals surface area contributed by atoms with Crippen LogP contribution in [0.1, 0.15) is 47.8 Å². The molecule has 0 unspecified atom stereocenters. The number of aromatic nitrogens is 3. The summed E-state index contributed by atoms with van der Waals surface area (Å²) >= 11 is 2.61. The Hall–Kier alpha value is -5.58. The number of rotatable bonds is 5. The molecule has 2 N–H and O–H groups in total.